The maximum Gasteiger partial charge on any atom is 0.306 e. The van der Waals surface area contributed by atoms with Crippen LogP contribution in [0.1, 0.15) is 355 Å². The van der Waals surface area contributed by atoms with Crippen LogP contribution in [0.15, 0.2) is 48.6 Å². The van der Waals surface area contributed by atoms with Gasteiger partial charge in [0.05, 0.1) is 0 Å². The molecule has 0 aliphatic rings. The number of carbonyl (C=O) groups excluding carboxylic acids is 3. The predicted octanol–water partition coefficient (Wildman–Crippen LogP) is 22.6. The fourth-order valence-electron chi connectivity index (χ4n) is 9.80. The van der Waals surface area contributed by atoms with E-state index in [4.69, 9.17) is 14.2 Å². The van der Waals surface area contributed by atoms with Crippen molar-refractivity contribution in [1.82, 2.24) is 0 Å². The Morgan fingerprint density at radius 2 is 0.480 bits per heavy atom. The maximum atomic E-state index is 12.9. The van der Waals surface area contributed by atoms with Crippen molar-refractivity contribution in [3.8, 4) is 0 Å². The van der Waals surface area contributed by atoms with Gasteiger partial charge in [-0.15, -0.1) is 0 Å². The summed E-state index contributed by atoms with van der Waals surface area (Å²) in [6.45, 7) is 6.66. The molecule has 0 aliphatic heterocycles. The predicted molar refractivity (Wildman–Crippen MR) is 325 cm³/mol. The molecule has 0 saturated carbocycles. The zero-order valence-electron chi connectivity index (χ0n) is 50.3. The van der Waals surface area contributed by atoms with Gasteiger partial charge in [-0.05, 0) is 83.5 Å². The Balaban J connectivity index is 4.35. The van der Waals surface area contributed by atoms with E-state index in [0.29, 0.717) is 19.3 Å². The summed E-state index contributed by atoms with van der Waals surface area (Å²) in [6.07, 6.45) is 79.7. The topological polar surface area (TPSA) is 78.9 Å². The Bertz CT molecular complexity index is 1300. The summed E-state index contributed by atoms with van der Waals surface area (Å²) in [7, 11) is 0. The second kappa shape index (κ2) is 63.9. The van der Waals surface area contributed by atoms with Crippen LogP contribution in [0.4, 0.5) is 0 Å². The van der Waals surface area contributed by atoms with Crippen LogP contribution in [0.5, 0.6) is 0 Å². The standard InChI is InChI=1S/C69H126O6/c1-4-7-10-13-16-19-22-25-28-31-33-34-36-38-41-44-47-50-53-56-59-62-68(71)74-65-66(64-73-67(70)61-58-55-52-49-46-43-40-37-30-27-24-21-18-15-12-9-6-3)75-69(72)63-60-57-54-51-48-45-42-39-35-32-29-26-23-20-17-14-11-8-5-2/h18,21-22,25,27,30-31,33,66H,4-17,19-20,23-24,26,28-29,32,34-65H2,1-3H3/b21-18-,25-22-,30-27-,33-31-. The zero-order valence-corrected chi connectivity index (χ0v) is 50.3. The van der Waals surface area contributed by atoms with Gasteiger partial charge in [0.25, 0.3) is 0 Å². The second-order valence-electron chi connectivity index (χ2n) is 22.4. The first kappa shape index (κ1) is 72.4. The highest BCUT2D eigenvalue weighted by molar-refractivity contribution is 5.71. The van der Waals surface area contributed by atoms with Gasteiger partial charge in [-0.3, -0.25) is 14.4 Å². The quantitative estimate of drug-likeness (QED) is 0.0261. The van der Waals surface area contributed by atoms with Crippen molar-refractivity contribution in [2.45, 2.75) is 361 Å². The fraction of sp³-hybridized carbons (Fsp3) is 0.841. The Morgan fingerprint density at radius 3 is 0.760 bits per heavy atom. The van der Waals surface area contributed by atoms with Crippen LogP contribution < -0.4 is 0 Å². The van der Waals surface area contributed by atoms with Crippen molar-refractivity contribution in [2.24, 2.45) is 0 Å². The molecule has 1 unspecified atom stereocenters. The molecule has 0 bridgehead atoms. The molecule has 0 amide bonds. The normalized spacial score (nSPS) is 12.3. The number of allylic oxidation sites excluding steroid dienone is 8. The minimum absolute atomic E-state index is 0.0743. The van der Waals surface area contributed by atoms with Crippen molar-refractivity contribution < 1.29 is 28.6 Å². The van der Waals surface area contributed by atoms with E-state index in [1.807, 2.05) is 0 Å². The van der Waals surface area contributed by atoms with E-state index in [9.17, 15) is 14.4 Å². The smallest absolute Gasteiger partial charge is 0.306 e. The number of unbranched alkanes of at least 4 members (excludes halogenated alkanes) is 42. The molecule has 0 heterocycles. The molecular weight excluding hydrogens is 925 g/mol. The van der Waals surface area contributed by atoms with Gasteiger partial charge in [0.1, 0.15) is 13.2 Å². The Kier molecular flexibility index (Phi) is 61.7. The first-order chi connectivity index (χ1) is 37.0. The molecule has 0 radical (unpaired) electrons. The lowest BCUT2D eigenvalue weighted by atomic mass is 10.0. The third-order valence-corrected chi connectivity index (χ3v) is 14.8. The number of carbonyl (C=O) groups is 3. The molecule has 75 heavy (non-hydrogen) atoms. The van der Waals surface area contributed by atoms with E-state index in [2.05, 4.69) is 69.4 Å². The number of ether oxygens (including phenoxy) is 3. The highest BCUT2D eigenvalue weighted by Crippen LogP contribution is 2.17. The molecule has 1 atom stereocenters. The van der Waals surface area contributed by atoms with Gasteiger partial charge in [-0.25, -0.2) is 0 Å². The molecule has 6 heteroatoms. The van der Waals surface area contributed by atoms with Gasteiger partial charge < -0.3 is 14.2 Å². The van der Waals surface area contributed by atoms with Crippen molar-refractivity contribution in [3.05, 3.63) is 48.6 Å². The van der Waals surface area contributed by atoms with E-state index in [1.54, 1.807) is 0 Å². The first-order valence-corrected chi connectivity index (χ1v) is 33.1. The van der Waals surface area contributed by atoms with Crippen LogP contribution in [0.2, 0.25) is 0 Å². The third-order valence-electron chi connectivity index (χ3n) is 14.8. The van der Waals surface area contributed by atoms with Gasteiger partial charge in [0.2, 0.25) is 0 Å². The molecule has 0 N–H and O–H groups in total. The van der Waals surface area contributed by atoms with Crippen LogP contribution in [0, 0.1) is 0 Å². The van der Waals surface area contributed by atoms with E-state index in [0.717, 1.165) is 77.0 Å². The van der Waals surface area contributed by atoms with Gasteiger partial charge in [-0.1, -0.05) is 301 Å². The highest BCUT2D eigenvalue weighted by atomic mass is 16.6. The molecule has 0 fully saturated rings. The summed E-state index contributed by atoms with van der Waals surface area (Å²) in [5.74, 6) is -0.862. The minimum atomic E-state index is -0.777. The van der Waals surface area contributed by atoms with Crippen molar-refractivity contribution in [2.75, 3.05) is 13.2 Å². The molecule has 0 aromatic carbocycles. The maximum absolute atomic E-state index is 12.9. The third kappa shape index (κ3) is 62.1. The molecule has 438 valence electrons. The van der Waals surface area contributed by atoms with Gasteiger partial charge in [-0.2, -0.15) is 0 Å². The van der Waals surface area contributed by atoms with E-state index >= 15 is 0 Å². The van der Waals surface area contributed by atoms with Crippen LogP contribution >= 0.6 is 0 Å². The lowest BCUT2D eigenvalue weighted by molar-refractivity contribution is -0.167. The molecule has 6 nitrogen and oxygen atoms in total. The summed E-state index contributed by atoms with van der Waals surface area (Å²) in [4.78, 5) is 38.4. The Labute approximate surface area is 467 Å². The molecule has 0 spiro atoms. The second-order valence-corrected chi connectivity index (χ2v) is 22.4. The molecule has 0 aliphatic carbocycles. The molecule has 0 aromatic heterocycles. The van der Waals surface area contributed by atoms with E-state index in [1.165, 1.54) is 238 Å². The molecule has 0 rings (SSSR count). The van der Waals surface area contributed by atoms with Crippen LogP contribution in [-0.4, -0.2) is 37.2 Å². The highest BCUT2D eigenvalue weighted by Gasteiger charge is 2.19. The zero-order chi connectivity index (χ0) is 54.3. The monoisotopic (exact) mass is 1050 g/mol. The Morgan fingerprint density at radius 1 is 0.267 bits per heavy atom. The average molecular weight is 1050 g/mol. The summed E-state index contributed by atoms with van der Waals surface area (Å²) < 4.78 is 17.0. The number of esters is 3. The first-order valence-electron chi connectivity index (χ1n) is 33.1. The largest absolute Gasteiger partial charge is 0.462 e. The lowest BCUT2D eigenvalue weighted by Crippen LogP contribution is -2.30. The molecule has 0 aromatic rings. The number of rotatable bonds is 61. The minimum Gasteiger partial charge on any atom is -0.462 e. The molecular formula is C69H126O6. The summed E-state index contributed by atoms with van der Waals surface area (Å²) >= 11 is 0. The van der Waals surface area contributed by atoms with E-state index < -0.39 is 6.10 Å². The van der Waals surface area contributed by atoms with Crippen LogP contribution in [-0.2, 0) is 28.6 Å². The van der Waals surface area contributed by atoms with Gasteiger partial charge >= 0.3 is 17.9 Å². The fourth-order valence-corrected chi connectivity index (χ4v) is 9.80. The SMILES string of the molecule is CCCCC/C=C\C/C=C\CCCCCCCCCC(=O)OCC(COC(=O)CCCCCCCCCCC/C=C\C/C=C\CCCCCCC)OC(=O)CCCCCCCCCCCCCCCCCCCCC. The summed E-state index contributed by atoms with van der Waals surface area (Å²) in [5.41, 5.74) is 0. The van der Waals surface area contributed by atoms with Crippen LogP contribution in [0.25, 0.3) is 0 Å². The number of hydrogen-bond donors (Lipinski definition) is 0. The van der Waals surface area contributed by atoms with Crippen LogP contribution in [0.3, 0.4) is 0 Å². The van der Waals surface area contributed by atoms with Gasteiger partial charge in [0.15, 0.2) is 6.10 Å². The van der Waals surface area contributed by atoms with Crippen molar-refractivity contribution in [1.29, 1.82) is 0 Å². The number of hydrogen-bond acceptors (Lipinski definition) is 6. The summed E-state index contributed by atoms with van der Waals surface area (Å²) in [6, 6.07) is 0. The summed E-state index contributed by atoms with van der Waals surface area (Å²) in [5, 5.41) is 0. The van der Waals surface area contributed by atoms with Crippen molar-refractivity contribution >= 4 is 17.9 Å². The molecule has 0 saturated heterocycles. The van der Waals surface area contributed by atoms with Gasteiger partial charge in [0, 0.05) is 19.3 Å². The average Bonchev–Trinajstić information content (AvgIpc) is 3.41. The van der Waals surface area contributed by atoms with E-state index in [-0.39, 0.29) is 31.1 Å². The lowest BCUT2D eigenvalue weighted by Gasteiger charge is -2.18. The Hall–Kier alpha value is -2.63. The van der Waals surface area contributed by atoms with Crippen molar-refractivity contribution in [3.63, 3.8) is 0 Å².